The fraction of sp³-hybridized carbons (Fsp3) is 0.375. The van der Waals surface area contributed by atoms with E-state index in [1.165, 1.54) is 4.90 Å². The number of halogens is 2. The van der Waals surface area contributed by atoms with Gasteiger partial charge in [0.05, 0.1) is 22.0 Å². The molecular weight excluding hydrogens is 593 g/mol. The summed E-state index contributed by atoms with van der Waals surface area (Å²) < 4.78 is 27.1. The van der Waals surface area contributed by atoms with Crippen LogP contribution in [0.25, 0.3) is 0 Å². The van der Waals surface area contributed by atoms with Crippen molar-refractivity contribution in [2.45, 2.75) is 64.6 Å². The molecule has 1 fully saturated rings. The van der Waals surface area contributed by atoms with E-state index in [1.807, 2.05) is 50.2 Å². The van der Waals surface area contributed by atoms with Gasteiger partial charge in [-0.3, -0.25) is 13.9 Å². The largest absolute Gasteiger partial charge is 0.352 e. The summed E-state index contributed by atoms with van der Waals surface area (Å²) in [4.78, 5) is 29.6. The van der Waals surface area contributed by atoms with Crippen LogP contribution in [-0.2, 0) is 32.6 Å². The topological polar surface area (TPSA) is 86.8 Å². The molecule has 10 heteroatoms. The van der Waals surface area contributed by atoms with Crippen LogP contribution in [0.3, 0.4) is 0 Å². The average molecular weight is 631 g/mol. The van der Waals surface area contributed by atoms with Gasteiger partial charge in [-0.15, -0.1) is 0 Å². The fourth-order valence-corrected chi connectivity index (χ4v) is 6.41. The molecule has 1 aliphatic carbocycles. The highest BCUT2D eigenvalue weighted by Gasteiger charge is 2.34. The van der Waals surface area contributed by atoms with Gasteiger partial charge in [-0.1, -0.05) is 78.5 Å². The molecule has 1 unspecified atom stereocenters. The molecule has 0 bridgehead atoms. The Morgan fingerprint density at radius 3 is 2.21 bits per heavy atom. The number of nitrogens with zero attached hydrogens (tertiary/aromatic N) is 2. The van der Waals surface area contributed by atoms with Gasteiger partial charge < -0.3 is 10.2 Å². The first-order valence-corrected chi connectivity index (χ1v) is 16.7. The van der Waals surface area contributed by atoms with Crippen LogP contribution in [-0.4, -0.2) is 50.0 Å². The van der Waals surface area contributed by atoms with Gasteiger partial charge in [0.1, 0.15) is 12.6 Å². The summed E-state index contributed by atoms with van der Waals surface area (Å²) in [5.74, 6) is -0.775. The van der Waals surface area contributed by atoms with Gasteiger partial charge in [0, 0.05) is 19.0 Å². The Morgan fingerprint density at radius 1 is 0.905 bits per heavy atom. The van der Waals surface area contributed by atoms with Gasteiger partial charge in [-0.05, 0) is 73.2 Å². The molecule has 0 aliphatic heterocycles. The van der Waals surface area contributed by atoms with Crippen molar-refractivity contribution >= 4 is 50.7 Å². The van der Waals surface area contributed by atoms with Crippen molar-refractivity contribution in [2.75, 3.05) is 17.1 Å². The van der Waals surface area contributed by atoms with Gasteiger partial charge in [0.2, 0.25) is 21.8 Å². The maximum absolute atomic E-state index is 14.2. The lowest BCUT2D eigenvalue weighted by Crippen LogP contribution is -2.54. The van der Waals surface area contributed by atoms with Crippen LogP contribution in [0.1, 0.15) is 47.9 Å². The van der Waals surface area contributed by atoms with E-state index in [0.29, 0.717) is 21.3 Å². The van der Waals surface area contributed by atoms with Crippen molar-refractivity contribution in [3.63, 3.8) is 0 Å². The first-order valence-electron chi connectivity index (χ1n) is 14.0. The molecule has 3 aromatic rings. The summed E-state index contributed by atoms with van der Waals surface area (Å²) in [6.45, 7) is 3.40. The van der Waals surface area contributed by atoms with E-state index in [9.17, 15) is 18.0 Å². The lowest BCUT2D eigenvalue weighted by Gasteiger charge is -2.34. The van der Waals surface area contributed by atoms with Crippen molar-refractivity contribution < 1.29 is 18.0 Å². The van der Waals surface area contributed by atoms with Gasteiger partial charge >= 0.3 is 0 Å². The van der Waals surface area contributed by atoms with Crippen molar-refractivity contribution in [1.29, 1.82) is 0 Å². The molecule has 1 aliphatic rings. The standard InChI is InChI=1S/C32H37Cl2N3O4S/c1-22-13-15-27(17-23(22)2)37(42(3,40)41)21-31(38)36(20-25-14-16-28(33)29(34)18-25)30(19-24-9-5-4-6-10-24)32(39)35-26-11-7-8-12-26/h4-6,9-10,13-18,26,30H,7-8,11-12,19-21H2,1-3H3,(H,35,39). The minimum absolute atomic E-state index is 0.0375. The predicted octanol–water partition coefficient (Wildman–Crippen LogP) is 6.08. The summed E-state index contributed by atoms with van der Waals surface area (Å²) in [6, 6.07) is 19.0. The fourth-order valence-electron chi connectivity index (χ4n) is 5.25. The van der Waals surface area contributed by atoms with E-state index < -0.39 is 28.5 Å². The number of carbonyl (C=O) groups excluding carboxylic acids is 2. The quantitative estimate of drug-likeness (QED) is 0.279. The summed E-state index contributed by atoms with van der Waals surface area (Å²) in [5.41, 5.74) is 3.84. The van der Waals surface area contributed by atoms with E-state index in [2.05, 4.69) is 5.32 Å². The van der Waals surface area contributed by atoms with Crippen molar-refractivity contribution in [3.8, 4) is 0 Å². The molecule has 42 heavy (non-hydrogen) atoms. The second-order valence-corrected chi connectivity index (χ2v) is 13.7. The first-order chi connectivity index (χ1) is 19.9. The third-order valence-electron chi connectivity index (χ3n) is 7.77. The number of rotatable bonds is 11. The Hall–Kier alpha value is -3.07. The Labute approximate surface area is 258 Å². The second kappa shape index (κ2) is 13.9. The van der Waals surface area contributed by atoms with Gasteiger partial charge in [-0.2, -0.15) is 0 Å². The Kier molecular flexibility index (Phi) is 10.6. The van der Waals surface area contributed by atoms with Crippen molar-refractivity contribution in [3.05, 3.63) is 99.0 Å². The first kappa shape index (κ1) is 31.9. The highest BCUT2D eigenvalue weighted by atomic mass is 35.5. The van der Waals surface area contributed by atoms with E-state index in [0.717, 1.165) is 52.9 Å². The van der Waals surface area contributed by atoms with Crippen LogP contribution in [0.15, 0.2) is 66.7 Å². The highest BCUT2D eigenvalue weighted by molar-refractivity contribution is 7.92. The lowest BCUT2D eigenvalue weighted by molar-refractivity contribution is -0.140. The molecule has 224 valence electrons. The summed E-state index contributed by atoms with van der Waals surface area (Å²) >= 11 is 12.5. The number of aryl methyl sites for hydroxylation is 2. The van der Waals surface area contributed by atoms with Gasteiger partial charge in [0.25, 0.3) is 0 Å². The number of hydrogen-bond donors (Lipinski definition) is 1. The second-order valence-electron chi connectivity index (χ2n) is 11.0. The highest BCUT2D eigenvalue weighted by Crippen LogP contribution is 2.26. The molecule has 0 heterocycles. The van der Waals surface area contributed by atoms with Crippen LogP contribution in [0.5, 0.6) is 0 Å². The summed E-state index contributed by atoms with van der Waals surface area (Å²) in [5, 5.41) is 3.85. The van der Waals surface area contributed by atoms with Crippen LogP contribution in [0.2, 0.25) is 10.0 Å². The monoisotopic (exact) mass is 629 g/mol. The molecule has 2 amide bonds. The molecular formula is C32H37Cl2N3O4S. The average Bonchev–Trinajstić information content (AvgIpc) is 3.45. The Bertz CT molecular complexity index is 1530. The van der Waals surface area contributed by atoms with Crippen LogP contribution < -0.4 is 9.62 Å². The van der Waals surface area contributed by atoms with Crippen molar-refractivity contribution in [2.24, 2.45) is 0 Å². The molecule has 4 rings (SSSR count). The minimum Gasteiger partial charge on any atom is -0.352 e. The molecule has 3 aromatic carbocycles. The zero-order valence-electron chi connectivity index (χ0n) is 24.1. The number of sulfonamides is 1. The lowest BCUT2D eigenvalue weighted by atomic mass is 10.0. The molecule has 0 saturated heterocycles. The van der Waals surface area contributed by atoms with Crippen molar-refractivity contribution in [1.82, 2.24) is 10.2 Å². The molecule has 1 atom stereocenters. The SMILES string of the molecule is Cc1ccc(N(CC(=O)N(Cc2ccc(Cl)c(Cl)c2)C(Cc2ccccc2)C(=O)NC2CCCC2)S(C)(=O)=O)cc1C. The van der Waals surface area contributed by atoms with E-state index in [4.69, 9.17) is 23.2 Å². The summed E-state index contributed by atoms with van der Waals surface area (Å²) in [6.07, 6.45) is 5.19. The van der Waals surface area contributed by atoms with Crippen LogP contribution in [0.4, 0.5) is 5.69 Å². The third-order valence-corrected chi connectivity index (χ3v) is 9.65. The van der Waals surface area contributed by atoms with Crippen LogP contribution >= 0.6 is 23.2 Å². The number of anilines is 1. The van der Waals surface area contributed by atoms with E-state index in [1.54, 1.807) is 30.3 Å². The van der Waals surface area contributed by atoms with E-state index in [-0.39, 0.29) is 24.9 Å². The number of nitrogens with one attached hydrogen (secondary N) is 1. The summed E-state index contributed by atoms with van der Waals surface area (Å²) in [7, 11) is -3.84. The number of hydrogen-bond acceptors (Lipinski definition) is 4. The molecule has 0 aromatic heterocycles. The Morgan fingerprint density at radius 2 is 1.60 bits per heavy atom. The maximum Gasteiger partial charge on any atom is 0.244 e. The van der Waals surface area contributed by atoms with Gasteiger partial charge in [-0.25, -0.2) is 8.42 Å². The van der Waals surface area contributed by atoms with Crippen LogP contribution in [0, 0.1) is 13.8 Å². The molecule has 7 nitrogen and oxygen atoms in total. The minimum atomic E-state index is -3.84. The smallest absolute Gasteiger partial charge is 0.244 e. The number of carbonyl (C=O) groups is 2. The Balaban J connectivity index is 1.74. The zero-order valence-corrected chi connectivity index (χ0v) is 26.5. The van der Waals surface area contributed by atoms with Gasteiger partial charge in [0.15, 0.2) is 0 Å². The molecule has 0 radical (unpaired) electrons. The normalized spacial score (nSPS) is 14.4. The molecule has 1 N–H and O–H groups in total. The maximum atomic E-state index is 14.2. The number of amides is 2. The number of benzene rings is 3. The molecule has 1 saturated carbocycles. The predicted molar refractivity (Wildman–Crippen MR) is 169 cm³/mol. The molecule has 0 spiro atoms. The van der Waals surface area contributed by atoms with E-state index >= 15 is 0 Å². The third kappa shape index (κ3) is 8.27. The zero-order chi connectivity index (χ0) is 30.4.